The van der Waals surface area contributed by atoms with Crippen molar-refractivity contribution in [3.05, 3.63) is 24.3 Å². The Labute approximate surface area is 103 Å². The molecule has 7 heteroatoms. The molecule has 88 valence electrons. The molecule has 0 aliphatic rings. The lowest BCUT2D eigenvalue weighted by molar-refractivity contribution is 0.397. The second-order valence-electron chi connectivity index (χ2n) is 3.25. The lowest BCUT2D eigenvalue weighted by atomic mass is 10.4. The van der Waals surface area contributed by atoms with Gasteiger partial charge in [-0.05, 0) is 24.2 Å². The molecular formula is C10H11N5OS. The fraction of sp³-hybridized carbons (Fsp3) is 0.200. The summed E-state index contributed by atoms with van der Waals surface area (Å²) in [7, 11) is 1.51. The maximum atomic E-state index is 5.85. The van der Waals surface area contributed by atoms with Gasteiger partial charge in [-0.1, -0.05) is 0 Å². The Morgan fingerprint density at radius 3 is 2.53 bits per heavy atom. The first-order valence-corrected chi connectivity index (χ1v) is 5.63. The van der Waals surface area contributed by atoms with Crippen molar-refractivity contribution >= 4 is 17.4 Å². The zero-order valence-electron chi connectivity index (χ0n) is 9.41. The second-order valence-corrected chi connectivity index (χ2v) is 4.20. The maximum absolute atomic E-state index is 5.85. The summed E-state index contributed by atoms with van der Waals surface area (Å²) in [6.07, 6.45) is 4.87. The van der Waals surface area contributed by atoms with Crippen LogP contribution in [0.25, 0.3) is 0 Å². The van der Waals surface area contributed by atoms with Gasteiger partial charge in [-0.15, -0.1) is 0 Å². The van der Waals surface area contributed by atoms with Gasteiger partial charge in [0, 0.05) is 12.4 Å². The topological polar surface area (TPSA) is 86.8 Å². The van der Waals surface area contributed by atoms with E-state index < -0.39 is 0 Å². The number of hydrogen-bond acceptors (Lipinski definition) is 7. The molecule has 0 radical (unpaired) electrons. The minimum Gasteiger partial charge on any atom is -0.479 e. The molecule has 0 atom stereocenters. The van der Waals surface area contributed by atoms with E-state index in [1.54, 1.807) is 12.4 Å². The molecule has 0 amide bonds. The molecule has 2 aromatic heterocycles. The Morgan fingerprint density at radius 1 is 1.18 bits per heavy atom. The molecule has 2 rings (SSSR count). The smallest absolute Gasteiger partial charge is 0.241 e. The first-order valence-electron chi connectivity index (χ1n) is 4.81. The molecule has 0 bridgehead atoms. The Morgan fingerprint density at radius 2 is 1.88 bits per heavy atom. The van der Waals surface area contributed by atoms with E-state index in [1.807, 2.05) is 6.92 Å². The van der Waals surface area contributed by atoms with E-state index >= 15 is 0 Å². The van der Waals surface area contributed by atoms with Crippen LogP contribution in [-0.4, -0.2) is 27.0 Å². The van der Waals surface area contributed by atoms with Gasteiger partial charge >= 0.3 is 0 Å². The van der Waals surface area contributed by atoms with Gasteiger partial charge in [-0.2, -0.15) is 4.98 Å². The predicted octanol–water partition coefficient (Wildman–Crippen LogP) is 1.32. The van der Waals surface area contributed by atoms with E-state index in [2.05, 4.69) is 19.9 Å². The zero-order valence-corrected chi connectivity index (χ0v) is 10.2. The van der Waals surface area contributed by atoms with Crippen LogP contribution in [0.3, 0.4) is 0 Å². The Bertz CT molecular complexity index is 517. The van der Waals surface area contributed by atoms with Crippen LogP contribution in [0.4, 0.5) is 5.69 Å². The average molecular weight is 249 g/mol. The molecule has 0 saturated carbocycles. The highest BCUT2D eigenvalue weighted by Crippen LogP contribution is 2.31. The lowest BCUT2D eigenvalue weighted by Gasteiger charge is -2.06. The molecule has 0 aliphatic carbocycles. The minimum atomic E-state index is 0.356. The van der Waals surface area contributed by atoms with Crippen LogP contribution < -0.4 is 10.5 Å². The number of anilines is 1. The van der Waals surface area contributed by atoms with Crippen LogP contribution in [0.2, 0.25) is 0 Å². The summed E-state index contributed by atoms with van der Waals surface area (Å²) in [6.45, 7) is 1.93. The van der Waals surface area contributed by atoms with Crippen LogP contribution in [0.5, 0.6) is 5.88 Å². The lowest BCUT2D eigenvalue weighted by Crippen LogP contribution is -1.99. The van der Waals surface area contributed by atoms with Crippen LogP contribution in [0.15, 0.2) is 28.9 Å². The fourth-order valence-electron chi connectivity index (χ4n) is 1.13. The molecule has 0 aromatic carbocycles. The average Bonchev–Trinajstić information content (AvgIpc) is 2.35. The third kappa shape index (κ3) is 2.62. The maximum Gasteiger partial charge on any atom is 0.241 e. The van der Waals surface area contributed by atoms with Crippen LogP contribution in [0, 0.1) is 6.92 Å². The summed E-state index contributed by atoms with van der Waals surface area (Å²) in [6, 6.07) is 0. The van der Waals surface area contributed by atoms with Crippen molar-refractivity contribution in [1.29, 1.82) is 0 Å². The molecule has 2 heterocycles. The normalized spacial score (nSPS) is 10.2. The zero-order chi connectivity index (χ0) is 12.3. The van der Waals surface area contributed by atoms with Crippen molar-refractivity contribution in [2.24, 2.45) is 0 Å². The number of aromatic nitrogens is 4. The molecular weight excluding hydrogens is 238 g/mol. The fourth-order valence-corrected chi connectivity index (χ4v) is 1.81. The summed E-state index contributed by atoms with van der Waals surface area (Å²) < 4.78 is 5.01. The van der Waals surface area contributed by atoms with Crippen molar-refractivity contribution in [3.8, 4) is 5.88 Å². The summed E-state index contributed by atoms with van der Waals surface area (Å²) in [5.41, 5.74) is 7.24. The Balaban J connectivity index is 2.27. The highest BCUT2D eigenvalue weighted by molar-refractivity contribution is 7.99. The molecule has 0 fully saturated rings. The minimum absolute atomic E-state index is 0.356. The summed E-state index contributed by atoms with van der Waals surface area (Å²) in [5, 5.41) is 1.17. The van der Waals surface area contributed by atoms with E-state index in [4.69, 9.17) is 10.5 Å². The Hall–Kier alpha value is -1.89. The molecule has 0 spiro atoms. The predicted molar refractivity (Wildman–Crippen MR) is 63.9 cm³/mol. The summed E-state index contributed by atoms with van der Waals surface area (Å²) >= 11 is 1.27. The van der Waals surface area contributed by atoms with Gasteiger partial charge in [0.25, 0.3) is 0 Å². The van der Waals surface area contributed by atoms with E-state index in [0.29, 0.717) is 21.7 Å². The number of rotatable bonds is 3. The van der Waals surface area contributed by atoms with E-state index in [1.165, 1.54) is 25.2 Å². The number of hydrogen-bond donors (Lipinski definition) is 1. The summed E-state index contributed by atoms with van der Waals surface area (Å²) in [5.74, 6) is 0.356. The number of ether oxygens (including phenoxy) is 1. The number of nitrogens with zero attached hydrogens (tertiary/aromatic N) is 4. The van der Waals surface area contributed by atoms with Gasteiger partial charge < -0.3 is 10.5 Å². The molecule has 0 aliphatic heterocycles. The van der Waals surface area contributed by atoms with Gasteiger partial charge in [0.15, 0.2) is 5.16 Å². The van der Waals surface area contributed by atoms with Gasteiger partial charge in [0.1, 0.15) is 17.0 Å². The summed E-state index contributed by atoms with van der Waals surface area (Å²) in [4.78, 5) is 16.3. The molecule has 2 N–H and O–H groups in total. The van der Waals surface area contributed by atoms with Gasteiger partial charge in [-0.25, -0.2) is 15.0 Å². The second kappa shape index (κ2) is 4.96. The molecule has 6 nitrogen and oxygen atoms in total. The molecule has 0 saturated heterocycles. The highest BCUT2D eigenvalue weighted by Gasteiger charge is 2.10. The molecule has 0 unspecified atom stereocenters. The van der Waals surface area contributed by atoms with Crippen molar-refractivity contribution in [1.82, 2.24) is 19.9 Å². The first kappa shape index (κ1) is 11.6. The Kier molecular flexibility index (Phi) is 3.38. The monoisotopic (exact) mass is 249 g/mol. The van der Waals surface area contributed by atoms with Crippen molar-refractivity contribution in [2.75, 3.05) is 12.8 Å². The largest absolute Gasteiger partial charge is 0.479 e. The number of aryl methyl sites for hydroxylation is 1. The number of nitrogen functional groups attached to an aromatic ring is 1. The van der Waals surface area contributed by atoms with Gasteiger partial charge in [-0.3, -0.25) is 0 Å². The third-order valence-electron chi connectivity index (χ3n) is 1.95. The molecule has 17 heavy (non-hydrogen) atoms. The van der Waals surface area contributed by atoms with Crippen LogP contribution in [0.1, 0.15) is 5.56 Å². The van der Waals surface area contributed by atoms with E-state index in [-0.39, 0.29) is 0 Å². The quantitative estimate of drug-likeness (QED) is 0.648. The van der Waals surface area contributed by atoms with Gasteiger partial charge in [0.05, 0.1) is 7.11 Å². The van der Waals surface area contributed by atoms with E-state index in [9.17, 15) is 0 Å². The standard InChI is InChI=1S/C10H11N5OS/c1-6-3-12-10(13-4-6)17-9-7(11)8(16-2)14-5-15-9/h3-5H,11H2,1-2H3. The van der Waals surface area contributed by atoms with Crippen LogP contribution in [-0.2, 0) is 0 Å². The van der Waals surface area contributed by atoms with Gasteiger partial charge in [0.2, 0.25) is 5.88 Å². The highest BCUT2D eigenvalue weighted by atomic mass is 32.2. The third-order valence-corrected chi connectivity index (χ3v) is 2.86. The molecule has 2 aromatic rings. The first-order chi connectivity index (χ1) is 8.20. The van der Waals surface area contributed by atoms with Crippen LogP contribution >= 0.6 is 11.8 Å². The van der Waals surface area contributed by atoms with Crippen molar-refractivity contribution in [2.45, 2.75) is 17.1 Å². The van der Waals surface area contributed by atoms with Crippen molar-refractivity contribution in [3.63, 3.8) is 0 Å². The van der Waals surface area contributed by atoms with Crippen molar-refractivity contribution < 1.29 is 4.74 Å². The number of nitrogens with two attached hydrogens (primary N) is 1. The van der Waals surface area contributed by atoms with E-state index in [0.717, 1.165) is 5.56 Å². The SMILES string of the molecule is COc1ncnc(Sc2ncc(C)cn2)c1N. The number of methoxy groups -OCH3 is 1.